The lowest BCUT2D eigenvalue weighted by Crippen LogP contribution is -2.41. The van der Waals surface area contributed by atoms with Gasteiger partial charge in [0.1, 0.15) is 6.10 Å². The minimum Gasteiger partial charge on any atom is -0.467 e. The molecule has 204 valence electrons. The molecule has 0 unspecified atom stereocenters. The molecule has 3 aromatic rings. The first-order valence-electron chi connectivity index (χ1n) is 13.4. The molecule has 6 nitrogen and oxygen atoms in total. The molecule has 0 amide bonds. The Morgan fingerprint density at radius 3 is 2.23 bits per heavy atom. The molecular formula is C31H38BNO5Si. The Balaban J connectivity index is 1.61. The van der Waals surface area contributed by atoms with E-state index in [4.69, 9.17) is 23.5 Å². The third kappa shape index (κ3) is 6.94. The normalized spacial score (nSPS) is 18.9. The predicted molar refractivity (Wildman–Crippen MR) is 159 cm³/mol. The molecule has 1 heterocycles. The van der Waals surface area contributed by atoms with Crippen LogP contribution in [0.3, 0.4) is 0 Å². The lowest BCUT2D eigenvalue weighted by atomic mass is 9.76. The summed E-state index contributed by atoms with van der Waals surface area (Å²) in [6.07, 6.45) is 0.406. The van der Waals surface area contributed by atoms with Crippen molar-refractivity contribution in [3.05, 3.63) is 102 Å². The maximum atomic E-state index is 12.6. The fraction of sp³-hybridized carbons (Fsp3) is 0.355. The molecule has 1 fully saturated rings. The first kappa shape index (κ1) is 29.0. The zero-order valence-corrected chi connectivity index (χ0v) is 24.7. The summed E-state index contributed by atoms with van der Waals surface area (Å²) in [5.41, 5.74) is 3.60. The summed E-state index contributed by atoms with van der Waals surface area (Å²) in [4.78, 5) is 17.6. The highest BCUT2D eigenvalue weighted by atomic mass is 28.4. The van der Waals surface area contributed by atoms with E-state index in [1.54, 1.807) is 0 Å². The number of carbonyl (C=O) groups is 1. The Morgan fingerprint density at radius 2 is 1.59 bits per heavy atom. The van der Waals surface area contributed by atoms with Crippen LogP contribution in [-0.2, 0) is 23.3 Å². The van der Waals surface area contributed by atoms with Crippen molar-refractivity contribution in [2.45, 2.75) is 57.2 Å². The standard InChI is InChI=1S/C31H38BNO5Si/c1-31(2,3)39(5,6)36-22-27(23-15-9-7-10-16-23)33-21-25-19-13-14-20-26(25)32-37-28(24-17-11-8-12-18-24)29(38-32)30(34)35-4/h7-21,27-29H,22H2,1-6H3/t27-,28-,29+/m1/s1. The van der Waals surface area contributed by atoms with Gasteiger partial charge >= 0.3 is 13.1 Å². The van der Waals surface area contributed by atoms with Gasteiger partial charge in [0.25, 0.3) is 0 Å². The fourth-order valence-electron chi connectivity index (χ4n) is 4.20. The number of benzene rings is 3. The molecule has 0 aliphatic carbocycles. The highest BCUT2D eigenvalue weighted by molar-refractivity contribution is 6.74. The second-order valence-corrected chi connectivity index (χ2v) is 16.1. The van der Waals surface area contributed by atoms with Gasteiger partial charge in [-0.1, -0.05) is 106 Å². The molecule has 1 saturated heterocycles. The molecule has 3 atom stereocenters. The van der Waals surface area contributed by atoms with E-state index in [0.29, 0.717) is 6.61 Å². The van der Waals surface area contributed by atoms with Crippen LogP contribution in [0.2, 0.25) is 18.1 Å². The van der Waals surface area contributed by atoms with Crippen LogP contribution in [0.1, 0.15) is 49.6 Å². The van der Waals surface area contributed by atoms with Crippen LogP contribution < -0.4 is 5.46 Å². The Hall–Kier alpha value is -3.04. The fourth-order valence-corrected chi connectivity index (χ4v) is 5.20. The number of hydrogen-bond acceptors (Lipinski definition) is 6. The van der Waals surface area contributed by atoms with Crippen LogP contribution >= 0.6 is 0 Å². The molecule has 39 heavy (non-hydrogen) atoms. The van der Waals surface area contributed by atoms with Gasteiger partial charge in [0.05, 0.1) is 19.8 Å². The second kappa shape index (κ2) is 12.4. The monoisotopic (exact) mass is 543 g/mol. The van der Waals surface area contributed by atoms with E-state index in [1.165, 1.54) is 7.11 Å². The minimum absolute atomic E-state index is 0.104. The Morgan fingerprint density at radius 1 is 0.974 bits per heavy atom. The van der Waals surface area contributed by atoms with Crippen molar-refractivity contribution < 1.29 is 23.3 Å². The van der Waals surface area contributed by atoms with Gasteiger partial charge in [-0.3, -0.25) is 4.99 Å². The number of rotatable bonds is 9. The van der Waals surface area contributed by atoms with E-state index in [0.717, 1.165) is 22.2 Å². The van der Waals surface area contributed by atoms with Gasteiger partial charge in [-0.15, -0.1) is 0 Å². The van der Waals surface area contributed by atoms with Gasteiger partial charge in [-0.05, 0) is 40.3 Å². The summed E-state index contributed by atoms with van der Waals surface area (Å²) in [5, 5.41) is 0.104. The topological polar surface area (TPSA) is 66.4 Å². The number of methoxy groups -OCH3 is 1. The Bertz CT molecular complexity index is 1260. The van der Waals surface area contributed by atoms with Crippen molar-refractivity contribution in [1.29, 1.82) is 0 Å². The summed E-state index contributed by atoms with van der Waals surface area (Å²) < 4.78 is 24.1. The van der Waals surface area contributed by atoms with Crippen molar-refractivity contribution in [1.82, 2.24) is 0 Å². The Kier molecular flexibility index (Phi) is 9.23. The van der Waals surface area contributed by atoms with Crippen molar-refractivity contribution in [3.8, 4) is 0 Å². The van der Waals surface area contributed by atoms with Gasteiger partial charge in [-0.2, -0.15) is 0 Å². The second-order valence-electron chi connectivity index (χ2n) is 11.3. The van der Waals surface area contributed by atoms with Crippen LogP contribution in [-0.4, -0.2) is 47.4 Å². The van der Waals surface area contributed by atoms with E-state index in [-0.39, 0.29) is 11.1 Å². The van der Waals surface area contributed by atoms with E-state index < -0.39 is 33.6 Å². The zero-order valence-electron chi connectivity index (χ0n) is 23.7. The van der Waals surface area contributed by atoms with Crippen LogP contribution in [0, 0.1) is 0 Å². The molecule has 4 rings (SSSR count). The molecule has 1 aliphatic rings. The van der Waals surface area contributed by atoms with Crippen LogP contribution in [0.15, 0.2) is 89.9 Å². The van der Waals surface area contributed by atoms with Crippen molar-refractivity contribution in [2.24, 2.45) is 4.99 Å². The van der Waals surface area contributed by atoms with Crippen molar-refractivity contribution in [2.75, 3.05) is 13.7 Å². The van der Waals surface area contributed by atoms with Crippen molar-refractivity contribution >= 4 is 33.1 Å². The SMILES string of the molecule is COC(=O)[C@H]1OB(c2ccccc2C=N[C@H](CO[Si](C)(C)C(C)(C)C)c2ccccc2)O[C@@H]1c1ccccc1. The van der Waals surface area contributed by atoms with Crippen LogP contribution in [0.25, 0.3) is 0 Å². The maximum Gasteiger partial charge on any atom is 0.495 e. The highest BCUT2D eigenvalue weighted by Gasteiger charge is 2.46. The number of esters is 1. The zero-order chi connectivity index (χ0) is 28.0. The average molecular weight is 544 g/mol. The third-order valence-corrected chi connectivity index (χ3v) is 12.1. The average Bonchev–Trinajstić information content (AvgIpc) is 3.38. The van der Waals surface area contributed by atoms with E-state index in [2.05, 4.69) is 46.0 Å². The molecule has 8 heteroatoms. The maximum absolute atomic E-state index is 12.6. The van der Waals surface area contributed by atoms with Crippen LogP contribution in [0.5, 0.6) is 0 Å². The molecule has 0 spiro atoms. The summed E-state index contributed by atoms with van der Waals surface area (Å²) in [6.45, 7) is 11.7. The first-order chi connectivity index (χ1) is 18.6. The third-order valence-electron chi connectivity index (χ3n) is 7.61. The van der Waals surface area contributed by atoms with E-state index in [9.17, 15) is 4.79 Å². The number of nitrogens with zero attached hydrogens (tertiary/aromatic N) is 1. The number of aliphatic imine (C=N–C) groups is 1. The van der Waals surface area contributed by atoms with E-state index in [1.807, 2.05) is 79.0 Å². The molecule has 3 aromatic carbocycles. The molecule has 0 bridgehead atoms. The molecule has 0 radical (unpaired) electrons. The quantitative estimate of drug-likeness (QED) is 0.191. The van der Waals surface area contributed by atoms with Gasteiger partial charge in [0.2, 0.25) is 0 Å². The predicted octanol–water partition coefficient (Wildman–Crippen LogP) is 5.89. The van der Waals surface area contributed by atoms with Crippen LogP contribution in [0.4, 0.5) is 0 Å². The lowest BCUT2D eigenvalue weighted by Gasteiger charge is -2.37. The molecular weight excluding hydrogens is 505 g/mol. The molecule has 0 saturated carbocycles. The molecule has 0 N–H and O–H groups in total. The number of ether oxygens (including phenoxy) is 1. The largest absolute Gasteiger partial charge is 0.495 e. The summed E-state index contributed by atoms with van der Waals surface area (Å²) in [7, 11) is -1.35. The van der Waals surface area contributed by atoms with Gasteiger partial charge < -0.3 is 18.5 Å². The highest BCUT2D eigenvalue weighted by Crippen LogP contribution is 2.37. The first-order valence-corrected chi connectivity index (χ1v) is 16.3. The summed E-state index contributed by atoms with van der Waals surface area (Å²) in [5.74, 6) is -0.468. The van der Waals surface area contributed by atoms with Crippen molar-refractivity contribution in [3.63, 3.8) is 0 Å². The minimum atomic E-state index is -1.96. The summed E-state index contributed by atoms with van der Waals surface area (Å²) >= 11 is 0. The van der Waals surface area contributed by atoms with Gasteiger partial charge in [-0.25, -0.2) is 4.79 Å². The van der Waals surface area contributed by atoms with Gasteiger partial charge in [0, 0.05) is 6.21 Å². The van der Waals surface area contributed by atoms with E-state index >= 15 is 0 Å². The smallest absolute Gasteiger partial charge is 0.467 e. The Labute approximate surface area is 233 Å². The molecule has 0 aromatic heterocycles. The van der Waals surface area contributed by atoms with Gasteiger partial charge in [0.15, 0.2) is 14.4 Å². The number of carbonyl (C=O) groups excluding carboxylic acids is 1. The number of hydrogen-bond donors (Lipinski definition) is 0. The summed E-state index contributed by atoms with van der Waals surface area (Å²) in [6, 6.07) is 27.4. The lowest BCUT2D eigenvalue weighted by molar-refractivity contribution is -0.150. The molecule has 1 aliphatic heterocycles.